The maximum absolute atomic E-state index is 9.67. The van der Waals surface area contributed by atoms with Crippen molar-refractivity contribution in [3.05, 3.63) is 121 Å². The van der Waals surface area contributed by atoms with Crippen LogP contribution in [0.25, 0.3) is 0 Å². The first-order chi connectivity index (χ1) is 17.1. The Balaban J connectivity index is 0.000000850. The first kappa shape index (κ1) is 28.7. The highest BCUT2D eigenvalue weighted by atomic mass is 19.4. The molecule has 0 saturated carbocycles. The van der Waals surface area contributed by atoms with Crippen LogP contribution in [0.5, 0.6) is 5.75 Å². The number of para-hydroxylation sites is 3. The van der Waals surface area contributed by atoms with Gasteiger partial charge in [-0.15, -0.1) is 0 Å². The average molecular weight is 495 g/mol. The molecule has 0 aliphatic heterocycles. The molecule has 0 atom stereocenters. The monoisotopic (exact) mass is 495 g/mol. The van der Waals surface area contributed by atoms with E-state index in [9.17, 15) is 12.9 Å². The van der Waals surface area contributed by atoms with Crippen LogP contribution in [0.3, 0.4) is 0 Å². The van der Waals surface area contributed by atoms with Crippen molar-refractivity contribution in [2.45, 2.75) is 26.3 Å². The Bertz CT molecular complexity index is 1010. The average Bonchev–Trinajstić information content (AvgIpc) is 2.89. The highest BCUT2D eigenvalue weighted by molar-refractivity contribution is 6.33. The predicted octanol–water partition coefficient (Wildman–Crippen LogP) is 5.92. The number of benzene rings is 4. The van der Waals surface area contributed by atoms with Gasteiger partial charge in [-0.25, -0.2) is 4.48 Å². The van der Waals surface area contributed by atoms with Gasteiger partial charge >= 0.3 is 7.54 Å². The summed E-state index contributed by atoms with van der Waals surface area (Å²) in [6, 6.07) is 40.9. The zero-order valence-electron chi connectivity index (χ0n) is 20.2. The summed E-state index contributed by atoms with van der Waals surface area (Å²) in [6.07, 6.45) is 2.22. The maximum atomic E-state index is 9.67. The summed E-state index contributed by atoms with van der Waals surface area (Å²) >= 11 is 0. The van der Waals surface area contributed by atoms with Crippen molar-refractivity contribution in [1.29, 1.82) is 0 Å². The van der Waals surface area contributed by atoms with Crippen LogP contribution in [0.15, 0.2) is 115 Å². The normalized spacial score (nSPS) is 10.4. The van der Waals surface area contributed by atoms with Crippen LogP contribution in [0.1, 0.15) is 25.3 Å². The molecule has 188 valence electrons. The van der Waals surface area contributed by atoms with Gasteiger partial charge in [-0.1, -0.05) is 67.9 Å². The quantitative estimate of drug-likeness (QED) is 0.121. The zero-order valence-corrected chi connectivity index (χ0v) is 20.2. The van der Waals surface area contributed by atoms with E-state index in [4.69, 9.17) is 4.74 Å². The molecule has 0 saturated heterocycles. The fourth-order valence-corrected chi connectivity index (χ4v) is 4.07. The number of nitrogens with zero attached hydrogens (tertiary/aromatic N) is 1. The van der Waals surface area contributed by atoms with Crippen molar-refractivity contribution in [2.24, 2.45) is 0 Å². The fraction of sp³-hybridized carbons (Fsp3) is 0.172. The first-order valence-corrected chi connectivity index (χ1v) is 11.7. The van der Waals surface area contributed by atoms with E-state index in [1.54, 1.807) is 0 Å². The van der Waals surface area contributed by atoms with Gasteiger partial charge in [0.1, 0.15) is 29.4 Å². The lowest BCUT2D eigenvalue weighted by atomic mass is 10.1. The molecule has 2 nitrogen and oxygen atoms in total. The molecule has 36 heavy (non-hydrogen) atoms. The minimum absolute atomic E-state index is 0. The smallest absolute Gasteiger partial charge is 0.762 e. The third-order valence-electron chi connectivity index (χ3n) is 5.70. The third-order valence-corrected chi connectivity index (χ3v) is 5.70. The van der Waals surface area contributed by atoms with E-state index < -0.39 is 7.54 Å². The molecule has 0 unspecified atom stereocenters. The Morgan fingerprint density at radius 2 is 1.03 bits per heavy atom. The van der Waals surface area contributed by atoms with E-state index in [1.165, 1.54) is 22.6 Å². The second-order valence-electron chi connectivity index (χ2n) is 8.07. The molecule has 0 amide bonds. The predicted molar refractivity (Wildman–Crippen MR) is 140 cm³/mol. The molecule has 4 aromatic carbocycles. The van der Waals surface area contributed by atoms with Gasteiger partial charge in [0, 0.05) is 5.56 Å². The standard InChI is InChI=1S/C29H30NO.BF3.FH/c1-2-3-23-31-29-21-19-25(20-22-29)24-30(26-13-7-4-8-14-26,27-15-9-5-10-16-27)28-17-11-6-12-18-28;2-1(3)4;/h4-22H,2-3,23-24H2,1H3;;1H/q+1;;/p-1. The van der Waals surface area contributed by atoms with Gasteiger partial charge in [0.25, 0.3) is 0 Å². The number of hydrogen-bond donors (Lipinski definition) is 0. The summed E-state index contributed by atoms with van der Waals surface area (Å²) in [6.45, 7) is 3.77. The van der Waals surface area contributed by atoms with Crippen LogP contribution in [-0.2, 0) is 6.54 Å². The molecular weight excluding hydrogens is 465 g/mol. The van der Waals surface area contributed by atoms with E-state index in [0.29, 0.717) is 4.48 Å². The summed E-state index contributed by atoms with van der Waals surface area (Å²) in [5, 5.41) is 0. The van der Waals surface area contributed by atoms with Crippen molar-refractivity contribution in [1.82, 2.24) is 4.48 Å². The number of ether oxygens (including phenoxy) is 1. The Labute approximate surface area is 211 Å². The second kappa shape index (κ2) is 14.7. The van der Waals surface area contributed by atoms with Crippen LogP contribution in [0.2, 0.25) is 0 Å². The molecule has 0 heterocycles. The van der Waals surface area contributed by atoms with Gasteiger partial charge in [-0.3, -0.25) is 12.9 Å². The van der Waals surface area contributed by atoms with Crippen molar-refractivity contribution in [2.75, 3.05) is 6.61 Å². The Morgan fingerprint density at radius 1 is 0.639 bits per heavy atom. The summed E-state index contributed by atoms with van der Waals surface area (Å²) in [7, 11) is -3.67. The molecule has 0 N–H and O–H groups in total. The lowest BCUT2D eigenvalue weighted by Crippen LogP contribution is -3.00. The van der Waals surface area contributed by atoms with Gasteiger partial charge in [0.2, 0.25) is 0 Å². The van der Waals surface area contributed by atoms with Crippen molar-refractivity contribution in [3.63, 3.8) is 0 Å². The van der Waals surface area contributed by atoms with E-state index in [-0.39, 0.29) is 4.70 Å². The summed E-state index contributed by atoms with van der Waals surface area (Å²) in [4.78, 5) is 0. The molecule has 4 aromatic rings. The zero-order chi connectivity index (χ0) is 24.9. The largest absolute Gasteiger partial charge is 1.00 e. The van der Waals surface area contributed by atoms with Gasteiger partial charge in [0.05, 0.1) is 6.61 Å². The van der Waals surface area contributed by atoms with Crippen LogP contribution in [0.4, 0.5) is 30.0 Å². The molecule has 7 heteroatoms. The second-order valence-corrected chi connectivity index (χ2v) is 8.07. The summed E-state index contributed by atoms with van der Waals surface area (Å²) < 4.78 is 35.5. The fourth-order valence-electron chi connectivity index (χ4n) is 4.07. The Kier molecular flexibility index (Phi) is 11.7. The van der Waals surface area contributed by atoms with Crippen LogP contribution in [-0.4, -0.2) is 14.2 Å². The molecular formula is C29H30BF4NO. The molecule has 0 aromatic heterocycles. The number of hydrogen-bond acceptors (Lipinski definition) is 1. The molecule has 0 radical (unpaired) electrons. The highest BCUT2D eigenvalue weighted by Crippen LogP contribution is 2.45. The minimum Gasteiger partial charge on any atom is -1.00 e. The van der Waals surface area contributed by atoms with Gasteiger partial charge in [0.15, 0.2) is 0 Å². The number of quaternary nitrogens is 1. The van der Waals surface area contributed by atoms with Gasteiger partial charge in [-0.05, 0) is 67.1 Å². The number of unbranched alkanes of at least 4 members (excludes halogenated alkanes) is 1. The molecule has 0 spiro atoms. The maximum Gasteiger partial charge on any atom is 0.762 e. The molecule has 0 aliphatic rings. The topological polar surface area (TPSA) is 9.23 Å². The molecule has 0 fully saturated rings. The van der Waals surface area contributed by atoms with Crippen molar-refractivity contribution < 1.29 is 22.4 Å². The lowest BCUT2D eigenvalue weighted by molar-refractivity contribution is -0.0000103. The minimum atomic E-state index is -3.67. The van der Waals surface area contributed by atoms with E-state index >= 15 is 0 Å². The number of halogens is 4. The van der Waals surface area contributed by atoms with Crippen LogP contribution in [0, 0.1) is 0 Å². The van der Waals surface area contributed by atoms with Gasteiger partial charge in [-0.2, -0.15) is 0 Å². The molecule has 4 rings (SSSR count). The molecule has 0 aliphatic carbocycles. The highest BCUT2D eigenvalue weighted by Gasteiger charge is 2.36. The van der Waals surface area contributed by atoms with E-state index in [2.05, 4.69) is 122 Å². The van der Waals surface area contributed by atoms with Gasteiger partial charge < -0.3 is 9.44 Å². The first-order valence-electron chi connectivity index (χ1n) is 11.7. The lowest BCUT2D eigenvalue weighted by Gasteiger charge is -2.37. The molecule has 0 bridgehead atoms. The number of rotatable bonds is 9. The van der Waals surface area contributed by atoms with Crippen molar-refractivity contribution in [3.8, 4) is 5.75 Å². The Morgan fingerprint density at radius 3 is 1.39 bits per heavy atom. The summed E-state index contributed by atoms with van der Waals surface area (Å²) in [5.41, 5.74) is 4.98. The van der Waals surface area contributed by atoms with Crippen LogP contribution >= 0.6 is 0 Å². The summed E-state index contributed by atoms with van der Waals surface area (Å²) in [5.74, 6) is 0.939. The van der Waals surface area contributed by atoms with Crippen LogP contribution < -0.4 is 13.9 Å². The van der Waals surface area contributed by atoms with E-state index in [0.717, 1.165) is 31.7 Å². The van der Waals surface area contributed by atoms with E-state index in [1.807, 2.05) is 0 Å². The third kappa shape index (κ3) is 7.72. The Hall–Kier alpha value is -3.58. The van der Waals surface area contributed by atoms with Crippen molar-refractivity contribution >= 4 is 24.6 Å². The SMILES string of the molecule is CCCCOc1ccc(C[N+](c2ccccc2)(c2ccccc2)c2ccccc2)cc1.FB(F)F.[F-].